The topological polar surface area (TPSA) is 49.9 Å². The summed E-state index contributed by atoms with van der Waals surface area (Å²) in [5, 5.41) is 0. The second kappa shape index (κ2) is 4.81. The summed E-state index contributed by atoms with van der Waals surface area (Å²) in [5.41, 5.74) is 2.02. The van der Waals surface area contributed by atoms with E-state index in [-0.39, 0.29) is 18.0 Å². The van der Waals surface area contributed by atoms with E-state index in [4.69, 9.17) is 4.74 Å². The summed E-state index contributed by atoms with van der Waals surface area (Å²) >= 11 is 0. The van der Waals surface area contributed by atoms with Crippen LogP contribution in [0.25, 0.3) is 0 Å². The van der Waals surface area contributed by atoms with E-state index in [1.165, 1.54) is 7.11 Å². The van der Waals surface area contributed by atoms with Gasteiger partial charge in [-0.2, -0.15) is 0 Å². The summed E-state index contributed by atoms with van der Waals surface area (Å²) in [6, 6.07) is 5.17. The highest BCUT2D eigenvalue weighted by Gasteiger charge is 2.39. The van der Waals surface area contributed by atoms with Gasteiger partial charge < -0.3 is 14.5 Å². The Labute approximate surface area is 118 Å². The van der Waals surface area contributed by atoms with E-state index in [0.717, 1.165) is 31.6 Å². The van der Waals surface area contributed by atoms with Gasteiger partial charge in [0.2, 0.25) is 0 Å². The van der Waals surface area contributed by atoms with Crippen molar-refractivity contribution in [1.29, 1.82) is 0 Å². The molecular formula is C15H18N2O3. The standard InChI is InChI=1S/C15H18N2O3/c1-3-16-12-9-10(15(19)20-2)6-7-11(12)14(18)17-8-4-5-13(16)17/h6-7,9,13H,3-5,8H2,1-2H3. The van der Waals surface area contributed by atoms with E-state index in [9.17, 15) is 9.59 Å². The maximum absolute atomic E-state index is 12.5. The van der Waals surface area contributed by atoms with Crippen molar-refractivity contribution in [2.45, 2.75) is 25.9 Å². The summed E-state index contributed by atoms with van der Waals surface area (Å²) in [7, 11) is 1.36. The molecule has 2 heterocycles. The molecule has 2 aliphatic heterocycles. The molecule has 1 atom stereocenters. The summed E-state index contributed by atoms with van der Waals surface area (Å²) in [5.74, 6) is -0.297. The Balaban J connectivity index is 2.09. The number of methoxy groups -OCH3 is 1. The van der Waals surface area contributed by atoms with Crippen molar-refractivity contribution in [3.63, 3.8) is 0 Å². The molecule has 0 spiro atoms. The molecule has 1 amide bonds. The molecule has 5 nitrogen and oxygen atoms in total. The highest BCUT2D eigenvalue weighted by atomic mass is 16.5. The van der Waals surface area contributed by atoms with Crippen LogP contribution in [-0.4, -0.2) is 43.1 Å². The molecule has 3 rings (SSSR count). The zero-order chi connectivity index (χ0) is 14.3. The maximum Gasteiger partial charge on any atom is 0.337 e. The third-order valence-corrected chi connectivity index (χ3v) is 4.14. The third kappa shape index (κ3) is 1.77. The number of ether oxygens (including phenoxy) is 1. The largest absolute Gasteiger partial charge is 0.465 e. The zero-order valence-corrected chi connectivity index (χ0v) is 11.8. The third-order valence-electron chi connectivity index (χ3n) is 4.14. The van der Waals surface area contributed by atoms with Crippen molar-refractivity contribution >= 4 is 17.6 Å². The fraction of sp³-hybridized carbons (Fsp3) is 0.467. The first kappa shape index (κ1) is 13.0. The molecule has 2 aliphatic rings. The smallest absolute Gasteiger partial charge is 0.337 e. The van der Waals surface area contributed by atoms with Crippen molar-refractivity contribution in [2.24, 2.45) is 0 Å². The molecule has 0 aliphatic carbocycles. The summed E-state index contributed by atoms with van der Waals surface area (Å²) in [4.78, 5) is 28.3. The van der Waals surface area contributed by atoms with Gasteiger partial charge in [0.25, 0.3) is 5.91 Å². The van der Waals surface area contributed by atoms with Gasteiger partial charge in [-0.15, -0.1) is 0 Å². The molecule has 0 aromatic heterocycles. The van der Waals surface area contributed by atoms with Gasteiger partial charge in [0.05, 0.1) is 23.9 Å². The van der Waals surface area contributed by atoms with Gasteiger partial charge in [-0.25, -0.2) is 4.79 Å². The van der Waals surface area contributed by atoms with Crippen molar-refractivity contribution in [3.05, 3.63) is 29.3 Å². The lowest BCUT2D eigenvalue weighted by atomic mass is 10.0. The van der Waals surface area contributed by atoms with E-state index in [1.54, 1.807) is 18.2 Å². The Kier molecular flexibility index (Phi) is 3.12. The van der Waals surface area contributed by atoms with Crippen molar-refractivity contribution in [3.8, 4) is 0 Å². The zero-order valence-electron chi connectivity index (χ0n) is 11.8. The van der Waals surface area contributed by atoms with Crippen LogP contribution >= 0.6 is 0 Å². The van der Waals surface area contributed by atoms with Crippen LogP contribution in [-0.2, 0) is 4.74 Å². The second-order valence-corrected chi connectivity index (χ2v) is 5.13. The van der Waals surface area contributed by atoms with Crippen LogP contribution in [0.1, 0.15) is 40.5 Å². The normalized spacial score (nSPS) is 20.7. The molecule has 0 saturated carbocycles. The minimum absolute atomic E-state index is 0.0728. The van der Waals surface area contributed by atoms with Gasteiger partial charge in [0.15, 0.2) is 0 Å². The van der Waals surface area contributed by atoms with Gasteiger partial charge in [-0.05, 0) is 38.0 Å². The molecule has 0 radical (unpaired) electrons. The Morgan fingerprint density at radius 3 is 2.95 bits per heavy atom. The maximum atomic E-state index is 12.5. The van der Waals surface area contributed by atoms with Gasteiger partial charge in [-0.3, -0.25) is 4.79 Å². The van der Waals surface area contributed by atoms with E-state index in [1.807, 2.05) is 4.90 Å². The predicted octanol–water partition coefficient (Wildman–Crippen LogP) is 1.88. The molecule has 1 unspecified atom stereocenters. The van der Waals surface area contributed by atoms with Crippen LogP contribution in [0.3, 0.4) is 0 Å². The molecule has 106 valence electrons. The molecular weight excluding hydrogens is 256 g/mol. The van der Waals surface area contributed by atoms with Crippen molar-refractivity contribution in [2.75, 3.05) is 25.1 Å². The lowest BCUT2D eigenvalue weighted by Gasteiger charge is -2.41. The predicted molar refractivity (Wildman–Crippen MR) is 74.9 cm³/mol. The van der Waals surface area contributed by atoms with Gasteiger partial charge in [0.1, 0.15) is 6.17 Å². The van der Waals surface area contributed by atoms with Crippen LogP contribution < -0.4 is 4.90 Å². The van der Waals surface area contributed by atoms with Crippen LogP contribution in [0.2, 0.25) is 0 Å². The Hall–Kier alpha value is -2.04. The number of carbonyl (C=O) groups excluding carboxylic acids is 2. The minimum atomic E-state index is -0.370. The molecule has 0 N–H and O–H groups in total. The summed E-state index contributed by atoms with van der Waals surface area (Å²) < 4.78 is 4.76. The van der Waals surface area contributed by atoms with Crippen LogP contribution in [0.4, 0.5) is 5.69 Å². The number of fused-ring (bicyclic) bond motifs is 2. The number of esters is 1. The lowest BCUT2D eigenvalue weighted by Crippen LogP contribution is -2.51. The molecule has 1 saturated heterocycles. The molecule has 0 bridgehead atoms. The van der Waals surface area contributed by atoms with Gasteiger partial charge in [0, 0.05) is 13.1 Å². The number of rotatable bonds is 2. The monoisotopic (exact) mass is 274 g/mol. The molecule has 1 fully saturated rings. The molecule has 5 heteroatoms. The number of hydrogen-bond donors (Lipinski definition) is 0. The minimum Gasteiger partial charge on any atom is -0.465 e. The average Bonchev–Trinajstić information content (AvgIpc) is 2.96. The molecule has 20 heavy (non-hydrogen) atoms. The Morgan fingerprint density at radius 1 is 1.45 bits per heavy atom. The molecule has 1 aromatic rings. The Bertz CT molecular complexity index is 570. The van der Waals surface area contributed by atoms with Gasteiger partial charge in [-0.1, -0.05) is 0 Å². The lowest BCUT2D eigenvalue weighted by molar-refractivity contribution is 0.0598. The van der Waals surface area contributed by atoms with E-state index >= 15 is 0 Å². The van der Waals surface area contributed by atoms with Crippen molar-refractivity contribution < 1.29 is 14.3 Å². The summed E-state index contributed by atoms with van der Waals surface area (Å²) in [6.45, 7) is 3.70. The van der Waals surface area contributed by atoms with E-state index in [2.05, 4.69) is 11.8 Å². The fourth-order valence-electron chi connectivity index (χ4n) is 3.20. The highest BCUT2D eigenvalue weighted by molar-refractivity contribution is 6.04. The number of amides is 1. The first-order valence-corrected chi connectivity index (χ1v) is 6.97. The first-order chi connectivity index (χ1) is 9.67. The Morgan fingerprint density at radius 2 is 2.25 bits per heavy atom. The molecule has 1 aromatic carbocycles. The van der Waals surface area contributed by atoms with Crippen LogP contribution in [0, 0.1) is 0 Å². The SMILES string of the molecule is CCN1c2cc(C(=O)OC)ccc2C(=O)N2CCCC21. The number of hydrogen-bond acceptors (Lipinski definition) is 4. The quantitative estimate of drug-likeness (QED) is 0.773. The fourth-order valence-corrected chi connectivity index (χ4v) is 3.20. The van der Waals surface area contributed by atoms with E-state index < -0.39 is 0 Å². The number of nitrogens with zero attached hydrogens (tertiary/aromatic N) is 2. The van der Waals surface area contributed by atoms with Crippen molar-refractivity contribution in [1.82, 2.24) is 4.90 Å². The number of anilines is 1. The average molecular weight is 274 g/mol. The van der Waals surface area contributed by atoms with Crippen LogP contribution in [0.15, 0.2) is 18.2 Å². The number of benzene rings is 1. The van der Waals surface area contributed by atoms with Crippen LogP contribution in [0.5, 0.6) is 0 Å². The van der Waals surface area contributed by atoms with E-state index in [0.29, 0.717) is 11.1 Å². The number of carbonyl (C=O) groups is 2. The second-order valence-electron chi connectivity index (χ2n) is 5.13. The van der Waals surface area contributed by atoms with Gasteiger partial charge >= 0.3 is 5.97 Å². The first-order valence-electron chi connectivity index (χ1n) is 6.97. The highest BCUT2D eigenvalue weighted by Crippen LogP contribution is 2.36. The summed E-state index contributed by atoms with van der Waals surface area (Å²) in [6.07, 6.45) is 2.15.